The summed E-state index contributed by atoms with van der Waals surface area (Å²) in [7, 11) is 0. The monoisotopic (exact) mass is 387 g/mol. The van der Waals surface area contributed by atoms with Gasteiger partial charge in [0.2, 0.25) is 0 Å². The van der Waals surface area contributed by atoms with Gasteiger partial charge in [-0.25, -0.2) is 4.79 Å². The number of nitrogens with zero attached hydrogens (tertiary/aromatic N) is 3. The van der Waals surface area contributed by atoms with Gasteiger partial charge >= 0.3 is 5.97 Å². The minimum Gasteiger partial charge on any atom is -0.478 e. The molecule has 5 heteroatoms. The maximum absolute atomic E-state index is 11.5. The Bertz CT molecular complexity index is 957. The van der Waals surface area contributed by atoms with Gasteiger partial charge in [-0.15, -0.1) is 0 Å². The predicted molar refractivity (Wildman–Crippen MR) is 113 cm³/mol. The smallest absolute Gasteiger partial charge is 0.336 e. The molecule has 1 N–H and O–H groups in total. The third-order valence-corrected chi connectivity index (χ3v) is 5.55. The van der Waals surface area contributed by atoms with Crippen LogP contribution in [0.1, 0.15) is 34.5 Å². The van der Waals surface area contributed by atoms with Crippen molar-refractivity contribution in [3.63, 3.8) is 0 Å². The Labute approximate surface area is 171 Å². The van der Waals surface area contributed by atoms with Crippen LogP contribution in [0.5, 0.6) is 0 Å². The lowest BCUT2D eigenvalue weighted by molar-refractivity contribution is 0.0697. The molecule has 148 valence electrons. The number of aromatic nitrogens is 2. The number of carboxylic acid groups (broad SMARTS) is 1. The van der Waals surface area contributed by atoms with Gasteiger partial charge in [-0.1, -0.05) is 42.5 Å². The number of carboxylic acids is 1. The van der Waals surface area contributed by atoms with Gasteiger partial charge in [-0.3, -0.25) is 14.9 Å². The second-order valence-corrected chi connectivity index (χ2v) is 7.69. The first-order valence-corrected chi connectivity index (χ1v) is 10.1. The summed E-state index contributed by atoms with van der Waals surface area (Å²) in [5.41, 5.74) is 4.35. The fourth-order valence-electron chi connectivity index (χ4n) is 4.16. The number of benzene rings is 2. The number of likely N-dealkylation sites (tertiary alicyclic amines) is 1. The summed E-state index contributed by atoms with van der Waals surface area (Å²) >= 11 is 0. The number of carbonyl (C=O) groups is 1. The largest absolute Gasteiger partial charge is 0.478 e. The van der Waals surface area contributed by atoms with Crippen LogP contribution in [0, 0.1) is 5.92 Å². The predicted octanol–water partition coefficient (Wildman–Crippen LogP) is 4.30. The van der Waals surface area contributed by atoms with Crippen molar-refractivity contribution < 1.29 is 9.90 Å². The molecule has 1 aromatic heterocycles. The van der Waals surface area contributed by atoms with Crippen LogP contribution < -0.4 is 0 Å². The van der Waals surface area contributed by atoms with E-state index in [1.54, 1.807) is 24.5 Å². The molecule has 1 fully saturated rings. The van der Waals surface area contributed by atoms with E-state index in [1.807, 2.05) is 30.5 Å². The fraction of sp³-hybridized carbons (Fsp3) is 0.292. The molecule has 0 aliphatic carbocycles. The highest BCUT2D eigenvalue weighted by Gasteiger charge is 2.21. The van der Waals surface area contributed by atoms with Crippen LogP contribution in [0.15, 0.2) is 67.1 Å². The molecule has 1 atom stereocenters. The fourth-order valence-corrected chi connectivity index (χ4v) is 4.16. The van der Waals surface area contributed by atoms with Crippen molar-refractivity contribution in [2.75, 3.05) is 13.1 Å². The van der Waals surface area contributed by atoms with Crippen molar-refractivity contribution in [2.24, 2.45) is 5.92 Å². The molecular weight excluding hydrogens is 362 g/mol. The van der Waals surface area contributed by atoms with Gasteiger partial charge in [0.05, 0.1) is 11.3 Å². The van der Waals surface area contributed by atoms with E-state index in [1.165, 1.54) is 18.4 Å². The van der Waals surface area contributed by atoms with Crippen molar-refractivity contribution in [2.45, 2.75) is 25.8 Å². The third-order valence-electron chi connectivity index (χ3n) is 5.55. The average molecular weight is 387 g/mol. The van der Waals surface area contributed by atoms with Crippen molar-refractivity contribution in [3.8, 4) is 11.1 Å². The molecule has 4 rings (SSSR count). The van der Waals surface area contributed by atoms with E-state index in [0.717, 1.165) is 42.9 Å². The summed E-state index contributed by atoms with van der Waals surface area (Å²) in [6, 6.07) is 15.4. The zero-order chi connectivity index (χ0) is 20.1. The molecule has 0 bridgehead atoms. The number of rotatable bonds is 6. The van der Waals surface area contributed by atoms with Gasteiger partial charge in [0.15, 0.2) is 0 Å². The Hall–Kier alpha value is -3.05. The van der Waals surface area contributed by atoms with Crippen molar-refractivity contribution in [3.05, 3.63) is 83.9 Å². The van der Waals surface area contributed by atoms with Crippen LogP contribution in [0.3, 0.4) is 0 Å². The lowest BCUT2D eigenvalue weighted by Gasteiger charge is -2.32. The molecule has 0 saturated carbocycles. The van der Waals surface area contributed by atoms with E-state index < -0.39 is 5.97 Å². The highest BCUT2D eigenvalue weighted by molar-refractivity contribution is 5.95. The molecule has 0 amide bonds. The highest BCUT2D eigenvalue weighted by atomic mass is 16.4. The molecule has 2 aromatic carbocycles. The second kappa shape index (κ2) is 8.97. The summed E-state index contributed by atoms with van der Waals surface area (Å²) in [6.07, 6.45) is 8.77. The summed E-state index contributed by atoms with van der Waals surface area (Å²) in [6.45, 7) is 3.10. The second-order valence-electron chi connectivity index (χ2n) is 7.69. The quantitative estimate of drug-likeness (QED) is 0.683. The Kier molecular flexibility index (Phi) is 5.96. The topological polar surface area (TPSA) is 66.3 Å². The summed E-state index contributed by atoms with van der Waals surface area (Å²) in [4.78, 5) is 22.6. The van der Waals surface area contributed by atoms with Gasteiger partial charge in [-0.05, 0) is 54.5 Å². The van der Waals surface area contributed by atoms with Crippen molar-refractivity contribution >= 4 is 5.97 Å². The van der Waals surface area contributed by atoms with E-state index in [9.17, 15) is 9.90 Å². The standard InChI is InChI=1S/C24H25N3O2/c28-24(29)23-6-2-1-5-22(23)20-9-7-18(8-10-20)16-27-13-3-4-19(17-27)14-21-15-25-11-12-26-21/h1-2,5-12,15,19H,3-4,13-14,16-17H2,(H,28,29)/t19-/m0/s1. The zero-order valence-electron chi connectivity index (χ0n) is 16.4. The van der Waals surface area contributed by atoms with E-state index in [-0.39, 0.29) is 0 Å². The first-order chi connectivity index (χ1) is 14.2. The Morgan fingerprint density at radius 2 is 1.93 bits per heavy atom. The summed E-state index contributed by atoms with van der Waals surface area (Å²) in [5, 5.41) is 9.41. The van der Waals surface area contributed by atoms with Crippen LogP contribution in [0.2, 0.25) is 0 Å². The van der Waals surface area contributed by atoms with Crippen LogP contribution in [0.4, 0.5) is 0 Å². The Balaban J connectivity index is 1.40. The molecule has 0 spiro atoms. The third kappa shape index (κ3) is 4.87. The average Bonchev–Trinajstić information content (AvgIpc) is 2.75. The van der Waals surface area contributed by atoms with Crippen LogP contribution in [-0.2, 0) is 13.0 Å². The molecular formula is C24H25N3O2. The highest BCUT2D eigenvalue weighted by Crippen LogP contribution is 2.26. The maximum Gasteiger partial charge on any atom is 0.336 e. The molecule has 1 aliphatic rings. The van der Waals surface area contributed by atoms with E-state index >= 15 is 0 Å². The van der Waals surface area contributed by atoms with E-state index in [2.05, 4.69) is 27.0 Å². The van der Waals surface area contributed by atoms with Gasteiger partial charge in [-0.2, -0.15) is 0 Å². The summed E-state index contributed by atoms with van der Waals surface area (Å²) in [5.74, 6) is -0.283. The first-order valence-electron chi connectivity index (χ1n) is 10.1. The van der Waals surface area contributed by atoms with Gasteiger partial charge in [0, 0.05) is 31.7 Å². The Morgan fingerprint density at radius 1 is 1.10 bits per heavy atom. The molecule has 1 aliphatic heterocycles. The summed E-state index contributed by atoms with van der Waals surface area (Å²) < 4.78 is 0. The van der Waals surface area contributed by atoms with Crippen LogP contribution >= 0.6 is 0 Å². The van der Waals surface area contributed by atoms with Gasteiger partial charge in [0.25, 0.3) is 0 Å². The minimum atomic E-state index is -0.896. The molecule has 29 heavy (non-hydrogen) atoms. The Morgan fingerprint density at radius 3 is 2.69 bits per heavy atom. The lowest BCUT2D eigenvalue weighted by atomic mass is 9.93. The number of hydrogen-bond acceptors (Lipinski definition) is 4. The molecule has 0 unspecified atom stereocenters. The number of aromatic carboxylic acids is 1. The molecule has 5 nitrogen and oxygen atoms in total. The SMILES string of the molecule is O=C(O)c1ccccc1-c1ccc(CN2CCC[C@@H](Cc3cnccn3)C2)cc1. The lowest BCUT2D eigenvalue weighted by Crippen LogP contribution is -2.35. The van der Waals surface area contributed by atoms with Crippen molar-refractivity contribution in [1.82, 2.24) is 14.9 Å². The minimum absolute atomic E-state index is 0.336. The first kappa shape index (κ1) is 19.3. The molecule has 3 aromatic rings. The van der Waals surface area contributed by atoms with Crippen molar-refractivity contribution in [1.29, 1.82) is 0 Å². The maximum atomic E-state index is 11.5. The normalized spacial score (nSPS) is 17.2. The van der Waals surface area contributed by atoms with Crippen LogP contribution in [0.25, 0.3) is 11.1 Å². The molecule has 2 heterocycles. The number of hydrogen-bond donors (Lipinski definition) is 1. The zero-order valence-corrected chi connectivity index (χ0v) is 16.4. The molecule has 1 saturated heterocycles. The van der Waals surface area contributed by atoms with E-state index in [4.69, 9.17) is 0 Å². The van der Waals surface area contributed by atoms with Crippen LogP contribution in [-0.4, -0.2) is 39.0 Å². The van der Waals surface area contributed by atoms with Gasteiger partial charge < -0.3 is 5.11 Å². The van der Waals surface area contributed by atoms with E-state index in [0.29, 0.717) is 11.5 Å². The van der Waals surface area contributed by atoms with Gasteiger partial charge in [0.1, 0.15) is 0 Å². The molecule has 0 radical (unpaired) electrons. The number of piperidine rings is 1.